The van der Waals surface area contributed by atoms with Crippen molar-refractivity contribution in [3.05, 3.63) is 77.5 Å². The molecule has 2 aromatic heterocycles. The molecule has 6 nitrogen and oxygen atoms in total. The van der Waals surface area contributed by atoms with Gasteiger partial charge in [0, 0.05) is 17.4 Å². The molecule has 0 aliphatic heterocycles. The number of aromatic nitrogens is 2. The summed E-state index contributed by atoms with van der Waals surface area (Å²) >= 11 is 0. The molecule has 2 heterocycles. The number of nitrogens with two attached hydrogens (primary N) is 1. The normalized spacial score (nSPS) is 10.9. The maximum Gasteiger partial charge on any atom is 0.255 e. The number of nitrogens with one attached hydrogen (secondary N) is 1. The first-order chi connectivity index (χ1) is 14.4. The Morgan fingerprint density at radius 3 is 2.50 bits per heavy atom. The van der Waals surface area contributed by atoms with Crippen molar-refractivity contribution in [3.8, 4) is 17.0 Å². The number of imidazole rings is 1. The molecular weight excluding hydrogens is 376 g/mol. The van der Waals surface area contributed by atoms with Gasteiger partial charge in [0.2, 0.25) is 0 Å². The first kappa shape index (κ1) is 19.5. The van der Waals surface area contributed by atoms with E-state index < -0.39 is 5.91 Å². The summed E-state index contributed by atoms with van der Waals surface area (Å²) in [7, 11) is 0. The quantitative estimate of drug-likeness (QED) is 0.498. The molecule has 0 fully saturated rings. The zero-order valence-electron chi connectivity index (χ0n) is 17.3. The Kier molecular flexibility index (Phi) is 5.14. The van der Waals surface area contributed by atoms with E-state index in [0.717, 1.165) is 39.5 Å². The summed E-state index contributed by atoms with van der Waals surface area (Å²) in [6, 6.07) is 17.7. The topological polar surface area (TPSA) is 81.6 Å². The van der Waals surface area contributed by atoms with Crippen LogP contribution in [0.2, 0.25) is 0 Å². The second kappa shape index (κ2) is 7.91. The van der Waals surface area contributed by atoms with Gasteiger partial charge in [0.1, 0.15) is 22.9 Å². The lowest BCUT2D eigenvalue weighted by molar-refractivity contribution is -0.119. The molecule has 0 atom stereocenters. The average Bonchev–Trinajstić information content (AvgIpc) is 3.07. The van der Waals surface area contributed by atoms with Crippen LogP contribution < -0.4 is 15.8 Å². The maximum absolute atomic E-state index is 11.2. The Bertz CT molecular complexity index is 1220. The molecule has 0 aliphatic rings. The highest BCUT2D eigenvalue weighted by atomic mass is 16.5. The van der Waals surface area contributed by atoms with Gasteiger partial charge >= 0.3 is 0 Å². The molecule has 3 N–H and O–H groups in total. The van der Waals surface area contributed by atoms with Crippen LogP contribution in [0.4, 0.5) is 11.5 Å². The van der Waals surface area contributed by atoms with Crippen LogP contribution in [-0.4, -0.2) is 21.9 Å². The summed E-state index contributed by atoms with van der Waals surface area (Å²) in [6.45, 7) is 6.09. The number of hydrogen-bond acceptors (Lipinski definition) is 4. The van der Waals surface area contributed by atoms with Crippen molar-refractivity contribution in [2.45, 2.75) is 20.8 Å². The van der Waals surface area contributed by atoms with E-state index in [0.29, 0.717) is 5.75 Å². The van der Waals surface area contributed by atoms with Crippen molar-refractivity contribution in [3.63, 3.8) is 0 Å². The third-order valence-corrected chi connectivity index (χ3v) is 4.96. The summed E-state index contributed by atoms with van der Waals surface area (Å²) in [5.41, 5.74) is 12.2. The summed E-state index contributed by atoms with van der Waals surface area (Å²) in [5, 5.41) is 3.60. The molecular formula is C24H24N4O2. The number of ether oxygens (including phenoxy) is 1. The van der Waals surface area contributed by atoms with Gasteiger partial charge < -0.3 is 15.8 Å². The van der Waals surface area contributed by atoms with Crippen LogP contribution in [0.15, 0.2) is 60.8 Å². The number of para-hydroxylation sites is 1. The number of amides is 1. The Morgan fingerprint density at radius 1 is 1.07 bits per heavy atom. The van der Waals surface area contributed by atoms with E-state index in [1.807, 2.05) is 53.1 Å². The maximum atomic E-state index is 11.2. The number of aryl methyl sites for hydroxylation is 3. The molecule has 0 saturated carbocycles. The van der Waals surface area contributed by atoms with Crippen LogP contribution >= 0.6 is 0 Å². The molecule has 2 aromatic carbocycles. The van der Waals surface area contributed by atoms with E-state index >= 15 is 0 Å². The number of benzene rings is 2. The van der Waals surface area contributed by atoms with Crippen molar-refractivity contribution in [2.24, 2.45) is 5.73 Å². The smallest absolute Gasteiger partial charge is 0.255 e. The van der Waals surface area contributed by atoms with E-state index in [1.165, 1.54) is 5.56 Å². The third-order valence-electron chi connectivity index (χ3n) is 4.96. The summed E-state index contributed by atoms with van der Waals surface area (Å²) in [5.74, 6) is 0.861. The summed E-state index contributed by atoms with van der Waals surface area (Å²) < 4.78 is 7.68. The average molecular weight is 400 g/mol. The second-order valence-electron chi connectivity index (χ2n) is 7.39. The number of carbonyl (C=O) groups is 1. The molecule has 0 radical (unpaired) electrons. The largest absolute Gasteiger partial charge is 0.483 e. The number of hydrogen-bond donors (Lipinski definition) is 2. The highest BCUT2D eigenvalue weighted by Crippen LogP contribution is 2.37. The van der Waals surface area contributed by atoms with Gasteiger partial charge in [-0.1, -0.05) is 35.9 Å². The lowest BCUT2D eigenvalue weighted by atomic mass is 10.0. The van der Waals surface area contributed by atoms with Crippen LogP contribution in [-0.2, 0) is 4.79 Å². The number of primary amides is 1. The van der Waals surface area contributed by atoms with Crippen molar-refractivity contribution >= 4 is 23.1 Å². The fourth-order valence-electron chi connectivity index (χ4n) is 3.74. The molecule has 6 heteroatoms. The second-order valence-corrected chi connectivity index (χ2v) is 7.39. The van der Waals surface area contributed by atoms with E-state index in [1.54, 1.807) is 0 Å². The standard InChI is InChI=1S/C24H24N4O2/c1-15-12-16(2)22(17(3)13-15)27-24-23(26-21-10-6-7-11-28(21)24)18-8-4-5-9-19(18)30-14-20(25)29/h4-13,27H,14H2,1-3H3,(H2,25,29). The molecule has 0 aliphatic carbocycles. The Hall–Kier alpha value is -3.80. The fraction of sp³-hybridized carbons (Fsp3) is 0.167. The zero-order chi connectivity index (χ0) is 21.3. The van der Waals surface area contributed by atoms with Gasteiger partial charge in [-0.15, -0.1) is 0 Å². The van der Waals surface area contributed by atoms with Crippen LogP contribution in [0, 0.1) is 20.8 Å². The van der Waals surface area contributed by atoms with Crippen molar-refractivity contribution in [1.82, 2.24) is 9.38 Å². The predicted molar refractivity (Wildman–Crippen MR) is 119 cm³/mol. The molecule has 0 spiro atoms. The van der Waals surface area contributed by atoms with Gasteiger partial charge in [0.15, 0.2) is 6.61 Å². The van der Waals surface area contributed by atoms with Crippen LogP contribution in [0.25, 0.3) is 16.9 Å². The number of anilines is 2. The van der Waals surface area contributed by atoms with Gasteiger partial charge in [-0.2, -0.15) is 0 Å². The minimum Gasteiger partial charge on any atom is -0.483 e. The van der Waals surface area contributed by atoms with E-state index in [4.69, 9.17) is 15.5 Å². The molecule has 1 amide bonds. The van der Waals surface area contributed by atoms with Gasteiger partial charge in [0.05, 0.1) is 0 Å². The summed E-state index contributed by atoms with van der Waals surface area (Å²) in [6.07, 6.45) is 1.97. The van der Waals surface area contributed by atoms with Crippen LogP contribution in [0.3, 0.4) is 0 Å². The van der Waals surface area contributed by atoms with Crippen LogP contribution in [0.5, 0.6) is 5.75 Å². The number of rotatable bonds is 6. The van der Waals surface area contributed by atoms with Gasteiger partial charge in [-0.05, 0) is 56.2 Å². The highest BCUT2D eigenvalue weighted by Gasteiger charge is 2.19. The molecule has 0 bridgehead atoms. The van der Waals surface area contributed by atoms with Gasteiger partial charge in [0.25, 0.3) is 5.91 Å². The number of nitrogens with zero attached hydrogens (tertiary/aromatic N) is 2. The van der Waals surface area contributed by atoms with Crippen molar-refractivity contribution in [2.75, 3.05) is 11.9 Å². The minimum absolute atomic E-state index is 0.191. The van der Waals surface area contributed by atoms with Crippen molar-refractivity contribution < 1.29 is 9.53 Å². The van der Waals surface area contributed by atoms with E-state index in [2.05, 4.69) is 38.2 Å². The van der Waals surface area contributed by atoms with Gasteiger partial charge in [-0.3, -0.25) is 9.20 Å². The SMILES string of the molecule is Cc1cc(C)c(Nc2c(-c3ccccc3OCC(N)=O)nc3ccccn23)c(C)c1. The summed E-state index contributed by atoms with van der Waals surface area (Å²) in [4.78, 5) is 16.1. The molecule has 30 heavy (non-hydrogen) atoms. The number of pyridine rings is 1. The monoisotopic (exact) mass is 400 g/mol. The number of fused-ring (bicyclic) bond motifs is 1. The molecule has 4 aromatic rings. The minimum atomic E-state index is -0.524. The van der Waals surface area contributed by atoms with E-state index in [-0.39, 0.29) is 6.61 Å². The molecule has 152 valence electrons. The molecule has 0 saturated heterocycles. The van der Waals surface area contributed by atoms with Crippen molar-refractivity contribution in [1.29, 1.82) is 0 Å². The van der Waals surface area contributed by atoms with Gasteiger partial charge in [-0.25, -0.2) is 4.98 Å². The zero-order valence-corrected chi connectivity index (χ0v) is 17.3. The highest BCUT2D eigenvalue weighted by molar-refractivity contribution is 5.84. The molecule has 0 unspecified atom stereocenters. The first-order valence-electron chi connectivity index (χ1n) is 9.76. The predicted octanol–water partition coefficient (Wildman–Crippen LogP) is 4.53. The van der Waals surface area contributed by atoms with E-state index in [9.17, 15) is 4.79 Å². The molecule has 4 rings (SSSR count). The van der Waals surface area contributed by atoms with Crippen LogP contribution in [0.1, 0.15) is 16.7 Å². The number of carbonyl (C=O) groups excluding carboxylic acids is 1. The Balaban J connectivity index is 1.88. The lowest BCUT2D eigenvalue weighted by Gasteiger charge is -2.16. The first-order valence-corrected chi connectivity index (χ1v) is 9.76. The lowest BCUT2D eigenvalue weighted by Crippen LogP contribution is -2.20. The third kappa shape index (κ3) is 3.72. The fourth-order valence-corrected chi connectivity index (χ4v) is 3.74. The Labute approximate surface area is 175 Å². The Morgan fingerprint density at radius 2 is 1.77 bits per heavy atom.